The van der Waals surface area contributed by atoms with Crippen molar-refractivity contribution >= 4 is 35.0 Å². The maximum absolute atomic E-state index is 12.4. The summed E-state index contributed by atoms with van der Waals surface area (Å²) in [7, 11) is 2.02. The summed E-state index contributed by atoms with van der Waals surface area (Å²) < 4.78 is 0. The number of likely N-dealkylation sites (N-methyl/N-ethyl adjacent to an activating group) is 1. The van der Waals surface area contributed by atoms with E-state index in [0.29, 0.717) is 23.9 Å². The highest BCUT2D eigenvalue weighted by molar-refractivity contribution is 7.99. The normalized spacial score (nSPS) is 15.0. The number of benzene rings is 1. The van der Waals surface area contributed by atoms with Crippen molar-refractivity contribution in [3.63, 3.8) is 0 Å². The number of nitrogens with zero attached hydrogens (tertiary/aromatic N) is 5. The molecule has 3 rings (SSSR count). The van der Waals surface area contributed by atoms with Crippen LogP contribution in [0.5, 0.6) is 0 Å². The number of carbonyl (C=O) groups excluding carboxylic acids is 1. The number of nitrogens with one attached hydrogen (secondary N) is 2. The fourth-order valence-corrected chi connectivity index (χ4v) is 3.33. The molecule has 11 heteroatoms. The highest BCUT2D eigenvalue weighted by atomic mass is 32.2. The molecule has 0 saturated carbocycles. The van der Waals surface area contributed by atoms with E-state index in [1.807, 2.05) is 18.9 Å². The third kappa shape index (κ3) is 4.55. The monoisotopic (exact) mass is 391 g/mol. The summed E-state index contributed by atoms with van der Waals surface area (Å²) in [6, 6.07) is 4.53. The van der Waals surface area contributed by atoms with Crippen LogP contribution >= 0.6 is 11.8 Å². The van der Waals surface area contributed by atoms with Gasteiger partial charge in [0, 0.05) is 37.8 Å². The molecule has 1 aromatic carbocycles. The second-order valence-electron chi connectivity index (χ2n) is 6.10. The minimum atomic E-state index is -0.479. The molecule has 0 atom stereocenters. The minimum absolute atomic E-state index is 0.0769. The molecule has 10 nitrogen and oxygen atoms in total. The van der Waals surface area contributed by atoms with E-state index in [-0.39, 0.29) is 17.2 Å². The Hall–Kier alpha value is -2.66. The first-order valence-corrected chi connectivity index (χ1v) is 9.55. The first-order chi connectivity index (χ1) is 13.0. The van der Waals surface area contributed by atoms with E-state index >= 15 is 0 Å². The molecule has 0 spiro atoms. The standard InChI is InChI=1S/C16H21N7O3S/c1-3-27-16-18-15(19-20-16)17-14(24)11-4-5-12(13(10-11)23(25)26)22-8-6-21(2)7-9-22/h4-5,10H,3,6-9H2,1-2H3,(H2,17,18,19,20,24). The first-order valence-electron chi connectivity index (χ1n) is 8.56. The number of nitro groups is 1. The molecule has 2 heterocycles. The molecule has 144 valence electrons. The fraction of sp³-hybridized carbons (Fsp3) is 0.438. The Morgan fingerprint density at radius 2 is 2.11 bits per heavy atom. The van der Waals surface area contributed by atoms with Crippen LogP contribution in [-0.4, -0.2) is 69.9 Å². The van der Waals surface area contributed by atoms with Crippen LogP contribution in [0.3, 0.4) is 0 Å². The van der Waals surface area contributed by atoms with Gasteiger partial charge in [-0.3, -0.25) is 20.2 Å². The molecule has 0 unspecified atom stereocenters. The van der Waals surface area contributed by atoms with E-state index in [0.717, 1.165) is 18.8 Å². The summed E-state index contributed by atoms with van der Waals surface area (Å²) in [6.07, 6.45) is 0. The zero-order valence-electron chi connectivity index (χ0n) is 15.1. The van der Waals surface area contributed by atoms with Crippen LogP contribution in [-0.2, 0) is 0 Å². The maximum atomic E-state index is 12.4. The lowest BCUT2D eigenvalue weighted by atomic mass is 10.1. The number of hydrogen-bond donors (Lipinski definition) is 2. The zero-order chi connectivity index (χ0) is 19.4. The van der Waals surface area contributed by atoms with Gasteiger partial charge in [0.05, 0.1) is 4.92 Å². The van der Waals surface area contributed by atoms with Crippen LogP contribution < -0.4 is 10.2 Å². The SMILES string of the molecule is CCSc1n[nH]c(NC(=O)c2ccc(N3CCN(C)CC3)c([N+](=O)[O-])c2)n1. The van der Waals surface area contributed by atoms with Crippen molar-refractivity contribution in [1.82, 2.24) is 20.1 Å². The van der Waals surface area contributed by atoms with Gasteiger partial charge in [0.25, 0.3) is 11.6 Å². The highest BCUT2D eigenvalue weighted by Crippen LogP contribution is 2.30. The Bertz CT molecular complexity index is 833. The molecule has 0 aliphatic carbocycles. The van der Waals surface area contributed by atoms with E-state index < -0.39 is 10.8 Å². The third-order valence-corrected chi connectivity index (χ3v) is 4.98. The second-order valence-corrected chi connectivity index (χ2v) is 7.34. The van der Waals surface area contributed by atoms with E-state index in [9.17, 15) is 14.9 Å². The molecule has 0 bridgehead atoms. The largest absolute Gasteiger partial charge is 0.363 e. The Morgan fingerprint density at radius 1 is 1.37 bits per heavy atom. The molecule has 2 N–H and O–H groups in total. The Labute approximate surface area is 160 Å². The lowest BCUT2D eigenvalue weighted by Crippen LogP contribution is -2.44. The lowest BCUT2D eigenvalue weighted by Gasteiger charge is -2.33. The molecule has 1 fully saturated rings. The van der Waals surface area contributed by atoms with Gasteiger partial charge in [0.2, 0.25) is 11.1 Å². The molecular formula is C16H21N7O3S. The van der Waals surface area contributed by atoms with E-state index in [1.165, 1.54) is 17.8 Å². The van der Waals surface area contributed by atoms with Gasteiger partial charge >= 0.3 is 0 Å². The van der Waals surface area contributed by atoms with Crippen LogP contribution in [0.2, 0.25) is 0 Å². The van der Waals surface area contributed by atoms with Crippen molar-refractivity contribution in [2.45, 2.75) is 12.1 Å². The molecule has 1 aliphatic rings. The van der Waals surface area contributed by atoms with Crippen LogP contribution in [0.1, 0.15) is 17.3 Å². The van der Waals surface area contributed by atoms with Crippen LogP contribution in [0, 0.1) is 10.1 Å². The Morgan fingerprint density at radius 3 is 2.78 bits per heavy atom. The van der Waals surface area contributed by atoms with Gasteiger partial charge < -0.3 is 9.80 Å². The predicted molar refractivity (Wildman–Crippen MR) is 104 cm³/mol. The number of thioether (sulfide) groups is 1. The predicted octanol–water partition coefficient (Wildman–Crippen LogP) is 1.83. The third-order valence-electron chi connectivity index (χ3n) is 4.25. The molecule has 1 aliphatic heterocycles. The number of hydrogen-bond acceptors (Lipinski definition) is 8. The van der Waals surface area contributed by atoms with Crippen LogP contribution in [0.4, 0.5) is 17.3 Å². The van der Waals surface area contributed by atoms with Gasteiger partial charge in [0.15, 0.2) is 0 Å². The first kappa shape index (κ1) is 19.1. The average Bonchev–Trinajstić information content (AvgIpc) is 3.09. The van der Waals surface area contributed by atoms with Crippen molar-refractivity contribution in [2.75, 3.05) is 49.2 Å². The number of piperazine rings is 1. The molecule has 1 amide bonds. The summed E-state index contributed by atoms with van der Waals surface area (Å²) in [5, 5.41) is 21.3. The quantitative estimate of drug-likeness (QED) is 0.435. The molecule has 1 saturated heterocycles. The van der Waals surface area contributed by atoms with Crippen molar-refractivity contribution in [3.05, 3.63) is 33.9 Å². The number of anilines is 2. The van der Waals surface area contributed by atoms with Gasteiger partial charge in [-0.05, 0) is 24.9 Å². The van der Waals surface area contributed by atoms with Gasteiger partial charge in [0.1, 0.15) is 5.69 Å². The highest BCUT2D eigenvalue weighted by Gasteiger charge is 2.24. The van der Waals surface area contributed by atoms with Crippen LogP contribution in [0.25, 0.3) is 0 Å². The summed E-state index contributed by atoms with van der Waals surface area (Å²) in [5.41, 5.74) is 0.651. The van der Waals surface area contributed by atoms with Gasteiger partial charge in [-0.25, -0.2) is 5.10 Å². The minimum Gasteiger partial charge on any atom is -0.363 e. The van der Waals surface area contributed by atoms with Crippen molar-refractivity contribution in [1.29, 1.82) is 0 Å². The topological polar surface area (TPSA) is 120 Å². The second kappa shape index (κ2) is 8.35. The Kier molecular flexibility index (Phi) is 5.91. The number of nitro benzene ring substituents is 1. The molecule has 1 aromatic heterocycles. The number of carbonyl (C=O) groups is 1. The number of aromatic amines is 1. The van der Waals surface area contributed by atoms with E-state index in [2.05, 4.69) is 25.4 Å². The van der Waals surface area contributed by atoms with Gasteiger partial charge in [-0.2, -0.15) is 4.98 Å². The molecule has 0 radical (unpaired) electrons. The number of amides is 1. The zero-order valence-corrected chi connectivity index (χ0v) is 16.0. The van der Waals surface area contributed by atoms with E-state index in [1.54, 1.807) is 12.1 Å². The molecule has 2 aromatic rings. The van der Waals surface area contributed by atoms with Crippen LogP contribution in [0.15, 0.2) is 23.4 Å². The van der Waals surface area contributed by atoms with E-state index in [4.69, 9.17) is 0 Å². The van der Waals surface area contributed by atoms with Crippen molar-refractivity contribution < 1.29 is 9.72 Å². The number of rotatable bonds is 6. The lowest BCUT2D eigenvalue weighted by molar-refractivity contribution is -0.384. The van der Waals surface area contributed by atoms with Crippen molar-refractivity contribution in [3.8, 4) is 0 Å². The smallest absolute Gasteiger partial charge is 0.293 e. The average molecular weight is 391 g/mol. The summed E-state index contributed by atoms with van der Waals surface area (Å²) in [5.74, 6) is 0.541. The van der Waals surface area contributed by atoms with Gasteiger partial charge in [-0.1, -0.05) is 18.7 Å². The number of aromatic nitrogens is 3. The molecular weight excluding hydrogens is 370 g/mol. The molecule has 27 heavy (non-hydrogen) atoms. The number of H-pyrrole nitrogens is 1. The van der Waals surface area contributed by atoms with Crippen molar-refractivity contribution in [2.24, 2.45) is 0 Å². The summed E-state index contributed by atoms with van der Waals surface area (Å²) in [4.78, 5) is 31.8. The fourth-order valence-electron chi connectivity index (χ4n) is 2.80. The Balaban J connectivity index is 1.78. The summed E-state index contributed by atoms with van der Waals surface area (Å²) in [6.45, 7) is 5.06. The van der Waals surface area contributed by atoms with Gasteiger partial charge in [-0.15, -0.1) is 5.10 Å². The summed E-state index contributed by atoms with van der Waals surface area (Å²) >= 11 is 1.44. The maximum Gasteiger partial charge on any atom is 0.293 e.